The second kappa shape index (κ2) is 10.5. The molecule has 0 radical (unpaired) electrons. The molecule has 0 atom stereocenters. The molecule has 0 fully saturated rings. The first kappa shape index (κ1) is 26.9. The molecule has 0 bridgehead atoms. The third-order valence-electron chi connectivity index (χ3n) is 9.11. The third-order valence-corrected chi connectivity index (χ3v) is 9.11. The van der Waals surface area contributed by atoms with Gasteiger partial charge in [0.15, 0.2) is 11.5 Å². The Hall–Kier alpha value is -6.51. The normalized spacial score (nSPS) is 11.5. The molecule has 6 aromatic carbocycles. The maximum Gasteiger partial charge on any atom is 0.168 e. The van der Waals surface area contributed by atoms with E-state index in [-0.39, 0.29) is 0 Å². The average Bonchev–Trinajstić information content (AvgIpc) is 3.64. The highest BCUT2D eigenvalue weighted by Crippen LogP contribution is 2.39. The highest BCUT2D eigenvalue weighted by molar-refractivity contribution is 6.12. The van der Waals surface area contributed by atoms with E-state index in [4.69, 9.17) is 9.97 Å². The summed E-state index contributed by atoms with van der Waals surface area (Å²) in [7, 11) is 0. The van der Waals surface area contributed by atoms with Gasteiger partial charge in [-0.25, -0.2) is 9.97 Å². The maximum absolute atomic E-state index is 10.3. The Kier molecular flexibility index (Phi) is 6.02. The summed E-state index contributed by atoms with van der Waals surface area (Å²) in [5, 5.41) is 15.0. The van der Waals surface area contributed by atoms with E-state index in [0.717, 1.165) is 49.9 Å². The molecule has 5 heteroatoms. The standard InChI is InChI=1S/C42H27N5/c1-27-41(36(26-43)45-42(44-27)28-12-4-2-5-13-28)47-38-19-11-9-17-33(38)35-25-30(21-23-40(35)47)29-20-22-39-34(24-29)32-16-8-10-18-37(32)46(39)31-14-6-3-7-15-31/h2-25H,1H3. The van der Waals surface area contributed by atoms with E-state index < -0.39 is 0 Å². The van der Waals surface area contributed by atoms with Gasteiger partial charge in [0.2, 0.25) is 0 Å². The Bertz CT molecular complexity index is 2690. The van der Waals surface area contributed by atoms with Gasteiger partial charge in [0, 0.05) is 32.8 Å². The van der Waals surface area contributed by atoms with Gasteiger partial charge in [-0.05, 0) is 66.6 Å². The lowest BCUT2D eigenvalue weighted by atomic mass is 10.0. The van der Waals surface area contributed by atoms with Crippen LogP contribution in [0.3, 0.4) is 0 Å². The molecule has 9 rings (SSSR count). The van der Waals surface area contributed by atoms with Crippen molar-refractivity contribution >= 4 is 43.6 Å². The molecular weight excluding hydrogens is 574 g/mol. The largest absolute Gasteiger partial charge is 0.309 e. The number of hydrogen-bond acceptors (Lipinski definition) is 3. The maximum atomic E-state index is 10.3. The van der Waals surface area contributed by atoms with Crippen molar-refractivity contribution in [3.05, 3.63) is 157 Å². The Labute approximate surface area is 271 Å². The van der Waals surface area contributed by atoms with Crippen LogP contribution in [0.4, 0.5) is 0 Å². The minimum absolute atomic E-state index is 0.350. The first-order chi connectivity index (χ1) is 23.2. The molecule has 0 aliphatic heterocycles. The first-order valence-electron chi connectivity index (χ1n) is 15.7. The van der Waals surface area contributed by atoms with Crippen LogP contribution in [0.15, 0.2) is 146 Å². The summed E-state index contributed by atoms with van der Waals surface area (Å²) < 4.78 is 4.49. The van der Waals surface area contributed by atoms with Crippen molar-refractivity contribution in [2.45, 2.75) is 6.92 Å². The van der Waals surface area contributed by atoms with E-state index in [1.54, 1.807) is 0 Å². The number of fused-ring (bicyclic) bond motifs is 6. The van der Waals surface area contributed by atoms with Crippen LogP contribution in [0.5, 0.6) is 0 Å². The predicted molar refractivity (Wildman–Crippen MR) is 191 cm³/mol. The fourth-order valence-corrected chi connectivity index (χ4v) is 7.03. The van der Waals surface area contributed by atoms with Gasteiger partial charge in [-0.1, -0.05) is 97.1 Å². The Balaban J connectivity index is 1.24. The number of nitriles is 1. The molecule has 220 valence electrons. The Morgan fingerprint density at radius 2 is 1.00 bits per heavy atom. The minimum Gasteiger partial charge on any atom is -0.309 e. The van der Waals surface area contributed by atoms with Crippen LogP contribution in [0, 0.1) is 18.3 Å². The molecule has 47 heavy (non-hydrogen) atoms. The molecule has 0 spiro atoms. The van der Waals surface area contributed by atoms with Crippen molar-refractivity contribution in [3.8, 4) is 40.0 Å². The summed E-state index contributed by atoms with van der Waals surface area (Å²) >= 11 is 0. The van der Waals surface area contributed by atoms with E-state index in [0.29, 0.717) is 17.2 Å². The molecule has 0 aliphatic rings. The highest BCUT2D eigenvalue weighted by atomic mass is 15.0. The van der Waals surface area contributed by atoms with Gasteiger partial charge in [-0.15, -0.1) is 0 Å². The Morgan fingerprint density at radius 1 is 0.489 bits per heavy atom. The second-order valence-electron chi connectivity index (χ2n) is 11.8. The molecule has 3 aromatic heterocycles. The molecule has 0 N–H and O–H groups in total. The van der Waals surface area contributed by atoms with Gasteiger partial charge in [-0.2, -0.15) is 5.26 Å². The number of rotatable bonds is 4. The van der Waals surface area contributed by atoms with Gasteiger partial charge in [0.25, 0.3) is 0 Å². The molecule has 0 amide bonds. The number of hydrogen-bond donors (Lipinski definition) is 0. The summed E-state index contributed by atoms with van der Waals surface area (Å²) in [6.07, 6.45) is 0. The zero-order chi connectivity index (χ0) is 31.5. The first-order valence-corrected chi connectivity index (χ1v) is 15.7. The summed E-state index contributed by atoms with van der Waals surface area (Å²) in [5.41, 5.74) is 10.5. The topological polar surface area (TPSA) is 59.4 Å². The number of benzene rings is 6. The van der Waals surface area contributed by atoms with Crippen molar-refractivity contribution in [1.82, 2.24) is 19.1 Å². The molecule has 0 saturated heterocycles. The SMILES string of the molecule is Cc1nc(-c2ccccc2)nc(C#N)c1-n1c2ccccc2c2cc(-c3ccc4c(c3)c3ccccc3n4-c3ccccc3)ccc21. The smallest absolute Gasteiger partial charge is 0.168 e. The summed E-state index contributed by atoms with van der Waals surface area (Å²) in [5.74, 6) is 0.551. The summed E-state index contributed by atoms with van der Waals surface area (Å²) in [6, 6.07) is 53.0. The molecule has 3 heterocycles. The van der Waals surface area contributed by atoms with E-state index in [1.165, 1.54) is 21.8 Å². The van der Waals surface area contributed by atoms with Gasteiger partial charge in [0.05, 0.1) is 27.8 Å². The quantitative estimate of drug-likeness (QED) is 0.202. The number of aryl methyl sites for hydroxylation is 1. The van der Waals surface area contributed by atoms with Crippen molar-refractivity contribution in [2.24, 2.45) is 0 Å². The van der Waals surface area contributed by atoms with Crippen molar-refractivity contribution in [2.75, 3.05) is 0 Å². The van der Waals surface area contributed by atoms with Crippen LogP contribution in [0.2, 0.25) is 0 Å². The summed E-state index contributed by atoms with van der Waals surface area (Å²) in [6.45, 7) is 1.96. The van der Waals surface area contributed by atoms with Crippen LogP contribution in [-0.4, -0.2) is 19.1 Å². The molecule has 5 nitrogen and oxygen atoms in total. The second-order valence-corrected chi connectivity index (χ2v) is 11.8. The Morgan fingerprint density at radius 3 is 1.62 bits per heavy atom. The van der Waals surface area contributed by atoms with E-state index in [2.05, 4.69) is 124 Å². The predicted octanol–water partition coefficient (Wildman–Crippen LogP) is 10.2. The fourth-order valence-electron chi connectivity index (χ4n) is 7.03. The highest BCUT2D eigenvalue weighted by Gasteiger charge is 2.21. The molecule has 0 aliphatic carbocycles. The number of para-hydroxylation sites is 3. The third kappa shape index (κ3) is 4.16. The average molecular weight is 602 g/mol. The van der Waals surface area contributed by atoms with Crippen LogP contribution >= 0.6 is 0 Å². The van der Waals surface area contributed by atoms with Crippen molar-refractivity contribution in [3.63, 3.8) is 0 Å². The van der Waals surface area contributed by atoms with Crippen LogP contribution in [0.1, 0.15) is 11.4 Å². The molecule has 0 unspecified atom stereocenters. The minimum atomic E-state index is 0.350. The van der Waals surface area contributed by atoms with E-state index >= 15 is 0 Å². The molecule has 0 saturated carbocycles. The van der Waals surface area contributed by atoms with Crippen LogP contribution in [0.25, 0.3) is 77.5 Å². The lowest BCUT2D eigenvalue weighted by Crippen LogP contribution is -2.06. The zero-order valence-electron chi connectivity index (χ0n) is 25.6. The zero-order valence-corrected chi connectivity index (χ0v) is 25.6. The van der Waals surface area contributed by atoms with Crippen molar-refractivity contribution < 1.29 is 0 Å². The fraction of sp³-hybridized carbons (Fsp3) is 0.0238. The van der Waals surface area contributed by atoms with Gasteiger partial charge >= 0.3 is 0 Å². The van der Waals surface area contributed by atoms with Crippen LogP contribution < -0.4 is 0 Å². The molecule has 9 aromatic rings. The van der Waals surface area contributed by atoms with E-state index in [9.17, 15) is 5.26 Å². The lowest BCUT2D eigenvalue weighted by Gasteiger charge is -2.13. The van der Waals surface area contributed by atoms with E-state index in [1.807, 2.05) is 43.3 Å². The van der Waals surface area contributed by atoms with Crippen LogP contribution in [-0.2, 0) is 0 Å². The number of aromatic nitrogens is 4. The van der Waals surface area contributed by atoms with Gasteiger partial charge in [0.1, 0.15) is 11.8 Å². The number of nitrogens with zero attached hydrogens (tertiary/aromatic N) is 5. The monoisotopic (exact) mass is 601 g/mol. The molecular formula is C42H27N5. The van der Waals surface area contributed by atoms with Gasteiger partial charge < -0.3 is 9.13 Å². The van der Waals surface area contributed by atoms with Gasteiger partial charge in [-0.3, -0.25) is 0 Å². The summed E-state index contributed by atoms with van der Waals surface area (Å²) in [4.78, 5) is 9.62. The lowest BCUT2D eigenvalue weighted by molar-refractivity contribution is 1.01. The van der Waals surface area contributed by atoms with Crippen molar-refractivity contribution in [1.29, 1.82) is 5.26 Å².